The summed E-state index contributed by atoms with van der Waals surface area (Å²) in [6, 6.07) is 11.0. The zero-order valence-corrected chi connectivity index (χ0v) is 19.1. The third-order valence-corrected chi connectivity index (χ3v) is 4.94. The molecule has 0 unspecified atom stereocenters. The maximum absolute atomic E-state index is 12.0. The van der Waals surface area contributed by atoms with Gasteiger partial charge in [0, 0.05) is 23.0 Å². The third-order valence-electron chi connectivity index (χ3n) is 3.83. The maximum atomic E-state index is 12.0. The summed E-state index contributed by atoms with van der Waals surface area (Å²) in [5, 5.41) is 2.77. The Morgan fingerprint density at radius 1 is 0.897 bits per heavy atom. The largest absolute Gasteiger partial charge is 0.483 e. The van der Waals surface area contributed by atoms with Crippen molar-refractivity contribution >= 4 is 55.3 Å². The number of halogens is 2. The minimum atomic E-state index is -0.520. The van der Waals surface area contributed by atoms with E-state index in [0.29, 0.717) is 15.9 Å². The minimum absolute atomic E-state index is 0.00262. The lowest BCUT2D eigenvalue weighted by atomic mass is 10.1. The number of anilines is 1. The summed E-state index contributed by atoms with van der Waals surface area (Å²) >= 11 is 6.66. The van der Waals surface area contributed by atoms with Crippen LogP contribution in [0.25, 0.3) is 0 Å². The Bertz CT molecular complexity index is 919. The Morgan fingerprint density at radius 3 is 2.28 bits per heavy atom. The quantitative estimate of drug-likeness (QED) is 0.478. The van der Waals surface area contributed by atoms with E-state index in [1.165, 1.54) is 0 Å². The molecule has 0 radical (unpaired) electrons. The van der Waals surface area contributed by atoms with Crippen LogP contribution in [-0.4, -0.2) is 24.3 Å². The van der Waals surface area contributed by atoms with Crippen molar-refractivity contribution < 1.29 is 19.1 Å². The van der Waals surface area contributed by atoms with Gasteiger partial charge in [-0.2, -0.15) is 0 Å². The van der Waals surface area contributed by atoms with Gasteiger partial charge < -0.3 is 10.1 Å². The summed E-state index contributed by atoms with van der Waals surface area (Å²) in [5.74, 6) is -0.772. The van der Waals surface area contributed by atoms with E-state index in [9.17, 15) is 14.4 Å². The predicted octanol–water partition coefficient (Wildman–Crippen LogP) is 3.77. The van der Waals surface area contributed by atoms with Crippen LogP contribution in [0.4, 0.5) is 5.69 Å². The fraction of sp³-hybridized carbons (Fsp3) is 0.250. The first-order valence-corrected chi connectivity index (χ1v) is 10.4. The van der Waals surface area contributed by atoms with Crippen LogP contribution < -0.4 is 20.9 Å². The summed E-state index contributed by atoms with van der Waals surface area (Å²) in [6.45, 7) is 3.60. The fourth-order valence-electron chi connectivity index (χ4n) is 2.37. The van der Waals surface area contributed by atoms with Crippen LogP contribution in [0, 0.1) is 13.8 Å². The van der Waals surface area contributed by atoms with Crippen molar-refractivity contribution in [2.45, 2.75) is 26.7 Å². The van der Waals surface area contributed by atoms with Crippen LogP contribution in [0.2, 0.25) is 0 Å². The molecule has 0 aliphatic heterocycles. The topological polar surface area (TPSA) is 96.5 Å². The number of carbonyl (C=O) groups excluding carboxylic acids is 3. The first-order valence-electron chi connectivity index (χ1n) is 8.77. The van der Waals surface area contributed by atoms with Crippen molar-refractivity contribution in [3.05, 3.63) is 56.5 Å². The molecule has 3 N–H and O–H groups in total. The van der Waals surface area contributed by atoms with Crippen molar-refractivity contribution in [3.8, 4) is 5.75 Å². The normalized spacial score (nSPS) is 10.2. The van der Waals surface area contributed by atoms with Crippen molar-refractivity contribution in [1.29, 1.82) is 0 Å². The molecule has 0 saturated carbocycles. The molecule has 0 atom stereocenters. The highest BCUT2D eigenvalue weighted by atomic mass is 79.9. The highest BCUT2D eigenvalue weighted by Gasteiger charge is 2.11. The number of amides is 3. The lowest BCUT2D eigenvalue weighted by molar-refractivity contribution is -0.130. The number of benzene rings is 2. The van der Waals surface area contributed by atoms with Gasteiger partial charge in [0.1, 0.15) is 5.75 Å². The van der Waals surface area contributed by atoms with Crippen molar-refractivity contribution in [2.24, 2.45) is 0 Å². The molecule has 0 saturated heterocycles. The van der Waals surface area contributed by atoms with Gasteiger partial charge in [0.15, 0.2) is 6.61 Å². The van der Waals surface area contributed by atoms with E-state index in [4.69, 9.17) is 4.74 Å². The first-order chi connectivity index (χ1) is 13.7. The number of rotatable bonds is 7. The molecule has 0 aliphatic carbocycles. The molecule has 3 amide bonds. The second-order valence-electron chi connectivity index (χ2n) is 6.33. The molecule has 2 rings (SSSR count). The Morgan fingerprint density at radius 2 is 1.59 bits per heavy atom. The van der Waals surface area contributed by atoms with E-state index in [1.54, 1.807) is 18.2 Å². The van der Waals surface area contributed by atoms with Crippen molar-refractivity contribution in [2.75, 3.05) is 11.9 Å². The predicted molar refractivity (Wildman–Crippen MR) is 117 cm³/mol. The zero-order chi connectivity index (χ0) is 21.4. The van der Waals surface area contributed by atoms with Crippen LogP contribution >= 0.6 is 31.9 Å². The summed E-state index contributed by atoms with van der Waals surface area (Å²) in [5.41, 5.74) is 7.28. The molecule has 2 aromatic rings. The molecular weight excluding hydrogens is 506 g/mol. The molecule has 9 heteroatoms. The highest BCUT2D eigenvalue weighted by Crippen LogP contribution is 2.28. The van der Waals surface area contributed by atoms with Crippen molar-refractivity contribution in [1.82, 2.24) is 10.9 Å². The summed E-state index contributed by atoms with van der Waals surface area (Å²) in [6.07, 6.45) is -0.0620. The molecule has 0 aliphatic rings. The number of nitrogens with one attached hydrogen (secondary N) is 3. The summed E-state index contributed by atoms with van der Waals surface area (Å²) < 4.78 is 6.94. The molecule has 29 heavy (non-hydrogen) atoms. The molecule has 2 aromatic carbocycles. The second kappa shape index (κ2) is 11.0. The molecule has 154 valence electrons. The van der Waals surface area contributed by atoms with E-state index >= 15 is 0 Å². The molecule has 0 aromatic heterocycles. The second-order valence-corrected chi connectivity index (χ2v) is 8.10. The Balaban J connectivity index is 1.68. The van der Waals surface area contributed by atoms with Gasteiger partial charge in [-0.3, -0.25) is 25.2 Å². The van der Waals surface area contributed by atoms with E-state index in [1.807, 2.05) is 32.0 Å². The summed E-state index contributed by atoms with van der Waals surface area (Å²) in [7, 11) is 0. The lowest BCUT2D eigenvalue weighted by Crippen LogP contribution is -2.44. The van der Waals surface area contributed by atoms with Crippen LogP contribution in [-0.2, 0) is 14.4 Å². The Labute approximate surface area is 185 Å². The fourth-order valence-corrected chi connectivity index (χ4v) is 3.53. The first kappa shape index (κ1) is 22.9. The third kappa shape index (κ3) is 7.86. The van der Waals surface area contributed by atoms with Gasteiger partial charge in [0.2, 0.25) is 11.8 Å². The van der Waals surface area contributed by atoms with E-state index in [2.05, 4.69) is 48.0 Å². The number of hydrogen-bond donors (Lipinski definition) is 3. The average Bonchev–Trinajstić information content (AvgIpc) is 2.66. The van der Waals surface area contributed by atoms with Crippen LogP contribution in [0.5, 0.6) is 5.75 Å². The molecule has 0 spiro atoms. The van der Waals surface area contributed by atoms with E-state index in [0.717, 1.165) is 15.6 Å². The van der Waals surface area contributed by atoms with Gasteiger partial charge in [0.05, 0.1) is 4.47 Å². The molecule has 7 nitrogen and oxygen atoms in total. The SMILES string of the molecule is Cc1ccc(NC(=O)CCC(=O)NNC(=O)COc2ccc(Br)cc2Br)c(C)c1. The lowest BCUT2D eigenvalue weighted by Gasteiger charge is -2.11. The van der Waals surface area contributed by atoms with Gasteiger partial charge in [0.25, 0.3) is 5.91 Å². The van der Waals surface area contributed by atoms with Crippen LogP contribution in [0.15, 0.2) is 45.3 Å². The zero-order valence-electron chi connectivity index (χ0n) is 16.0. The Kier molecular flexibility index (Phi) is 8.66. The van der Waals surface area contributed by atoms with Crippen LogP contribution in [0.1, 0.15) is 24.0 Å². The molecule has 0 bridgehead atoms. The standard InChI is InChI=1S/C20H21Br2N3O4/c1-12-3-5-16(13(2)9-12)23-18(26)7-8-19(27)24-25-20(28)11-29-17-6-4-14(21)10-15(17)22/h3-6,9-10H,7-8,11H2,1-2H3,(H,23,26)(H,24,27)(H,25,28). The number of aryl methyl sites for hydroxylation is 2. The van der Waals surface area contributed by atoms with Gasteiger partial charge in [-0.1, -0.05) is 33.6 Å². The maximum Gasteiger partial charge on any atom is 0.276 e. The molecule has 0 heterocycles. The van der Waals surface area contributed by atoms with Gasteiger partial charge >= 0.3 is 0 Å². The van der Waals surface area contributed by atoms with E-state index < -0.39 is 11.8 Å². The minimum Gasteiger partial charge on any atom is -0.483 e. The number of hydrazine groups is 1. The van der Waals surface area contributed by atoms with E-state index in [-0.39, 0.29) is 25.4 Å². The monoisotopic (exact) mass is 525 g/mol. The number of hydrogen-bond acceptors (Lipinski definition) is 4. The van der Waals surface area contributed by atoms with Gasteiger partial charge in [-0.15, -0.1) is 0 Å². The number of carbonyl (C=O) groups is 3. The molecule has 0 fully saturated rings. The molecular formula is C20H21Br2N3O4. The van der Waals surface area contributed by atoms with Crippen molar-refractivity contribution in [3.63, 3.8) is 0 Å². The van der Waals surface area contributed by atoms with Crippen LogP contribution in [0.3, 0.4) is 0 Å². The van der Waals surface area contributed by atoms with Gasteiger partial charge in [-0.25, -0.2) is 0 Å². The average molecular weight is 527 g/mol. The van der Waals surface area contributed by atoms with Gasteiger partial charge in [-0.05, 0) is 59.6 Å². The number of ether oxygens (including phenoxy) is 1. The highest BCUT2D eigenvalue weighted by molar-refractivity contribution is 9.11. The smallest absolute Gasteiger partial charge is 0.276 e. The Hall–Kier alpha value is -2.39. The summed E-state index contributed by atoms with van der Waals surface area (Å²) in [4.78, 5) is 35.6.